The van der Waals surface area contributed by atoms with Crippen molar-refractivity contribution in [2.24, 2.45) is 0 Å². The van der Waals surface area contributed by atoms with Gasteiger partial charge in [0.2, 0.25) is 11.7 Å². The quantitative estimate of drug-likeness (QED) is 0.919. The first kappa shape index (κ1) is 11.4. The van der Waals surface area contributed by atoms with Crippen LogP contribution in [0.5, 0.6) is 0 Å². The Hall–Kier alpha value is -1.10. The van der Waals surface area contributed by atoms with E-state index in [0.29, 0.717) is 28.3 Å². The zero-order chi connectivity index (χ0) is 11.5. The molecule has 0 fully saturated rings. The van der Waals surface area contributed by atoms with Crippen LogP contribution >= 0.6 is 23.2 Å². The van der Waals surface area contributed by atoms with Gasteiger partial charge in [-0.05, 0) is 25.2 Å². The number of aromatic nitrogens is 2. The first-order chi connectivity index (χ1) is 7.70. The van der Waals surface area contributed by atoms with Crippen LogP contribution in [-0.4, -0.2) is 17.2 Å². The summed E-state index contributed by atoms with van der Waals surface area (Å²) in [6.07, 6.45) is 0. The molecule has 84 valence electrons. The summed E-state index contributed by atoms with van der Waals surface area (Å²) in [6.45, 7) is 0.536. The van der Waals surface area contributed by atoms with E-state index in [1.54, 1.807) is 18.2 Å². The van der Waals surface area contributed by atoms with Gasteiger partial charge in [0, 0.05) is 5.56 Å². The molecular weight excluding hydrogens is 249 g/mol. The molecule has 2 rings (SSSR count). The average Bonchev–Trinajstić information content (AvgIpc) is 2.71. The molecule has 1 N–H and O–H groups in total. The highest BCUT2D eigenvalue weighted by molar-refractivity contribution is 6.42. The maximum atomic E-state index is 5.90. The molecule has 0 bridgehead atoms. The summed E-state index contributed by atoms with van der Waals surface area (Å²) in [5.74, 6) is 1.03. The minimum atomic E-state index is 0.471. The molecular formula is C10H9Cl2N3O. The molecule has 0 radical (unpaired) electrons. The van der Waals surface area contributed by atoms with Crippen LogP contribution in [0.25, 0.3) is 11.4 Å². The first-order valence-electron chi connectivity index (χ1n) is 4.63. The molecule has 1 heterocycles. The normalized spacial score (nSPS) is 10.7. The maximum Gasteiger partial charge on any atom is 0.240 e. The van der Waals surface area contributed by atoms with Gasteiger partial charge in [-0.1, -0.05) is 28.4 Å². The lowest BCUT2D eigenvalue weighted by Crippen LogP contribution is -2.04. The lowest BCUT2D eigenvalue weighted by Gasteiger charge is -1.97. The van der Waals surface area contributed by atoms with Gasteiger partial charge in [-0.2, -0.15) is 4.98 Å². The van der Waals surface area contributed by atoms with Gasteiger partial charge in [-0.15, -0.1) is 0 Å². The Morgan fingerprint density at radius 1 is 1.31 bits per heavy atom. The molecule has 0 saturated carbocycles. The van der Waals surface area contributed by atoms with E-state index < -0.39 is 0 Å². The molecule has 6 heteroatoms. The van der Waals surface area contributed by atoms with Crippen molar-refractivity contribution in [1.29, 1.82) is 0 Å². The van der Waals surface area contributed by atoms with Gasteiger partial charge >= 0.3 is 0 Å². The van der Waals surface area contributed by atoms with Gasteiger partial charge in [0.05, 0.1) is 16.6 Å². The zero-order valence-corrected chi connectivity index (χ0v) is 10.0. The number of nitrogens with zero attached hydrogens (tertiary/aromatic N) is 2. The highest BCUT2D eigenvalue weighted by Crippen LogP contribution is 2.26. The molecule has 0 aliphatic rings. The molecule has 0 atom stereocenters. The minimum absolute atomic E-state index is 0.471. The fourth-order valence-electron chi connectivity index (χ4n) is 1.23. The van der Waals surface area contributed by atoms with Crippen molar-refractivity contribution < 1.29 is 4.52 Å². The molecule has 0 spiro atoms. The third-order valence-electron chi connectivity index (χ3n) is 1.97. The number of rotatable bonds is 3. The summed E-state index contributed by atoms with van der Waals surface area (Å²) < 4.78 is 5.03. The fourth-order valence-corrected chi connectivity index (χ4v) is 1.53. The summed E-state index contributed by atoms with van der Waals surface area (Å²) in [4.78, 5) is 4.20. The Morgan fingerprint density at radius 3 is 2.81 bits per heavy atom. The summed E-state index contributed by atoms with van der Waals surface area (Å²) in [6, 6.07) is 5.20. The van der Waals surface area contributed by atoms with Gasteiger partial charge in [-0.3, -0.25) is 0 Å². The van der Waals surface area contributed by atoms with E-state index in [1.165, 1.54) is 0 Å². The summed E-state index contributed by atoms with van der Waals surface area (Å²) >= 11 is 11.7. The monoisotopic (exact) mass is 257 g/mol. The topological polar surface area (TPSA) is 51.0 Å². The predicted molar refractivity (Wildman–Crippen MR) is 62.5 cm³/mol. The van der Waals surface area contributed by atoms with E-state index in [0.717, 1.165) is 5.56 Å². The summed E-state index contributed by atoms with van der Waals surface area (Å²) in [5, 5.41) is 7.75. The SMILES string of the molecule is CNCc1nc(-c2ccc(Cl)c(Cl)c2)no1. The van der Waals surface area contributed by atoms with Gasteiger partial charge in [-0.25, -0.2) is 0 Å². The first-order valence-corrected chi connectivity index (χ1v) is 5.39. The van der Waals surface area contributed by atoms with Gasteiger partial charge < -0.3 is 9.84 Å². The molecule has 16 heavy (non-hydrogen) atoms. The Bertz CT molecular complexity index is 499. The van der Waals surface area contributed by atoms with E-state index in [4.69, 9.17) is 27.7 Å². The average molecular weight is 258 g/mol. The Morgan fingerprint density at radius 2 is 2.12 bits per heavy atom. The second kappa shape index (κ2) is 4.82. The van der Waals surface area contributed by atoms with Gasteiger partial charge in [0.15, 0.2) is 0 Å². The molecule has 1 aromatic heterocycles. The Balaban J connectivity index is 2.31. The molecule has 0 aliphatic heterocycles. The zero-order valence-electron chi connectivity index (χ0n) is 8.50. The van der Waals surface area contributed by atoms with Crippen molar-refractivity contribution in [3.63, 3.8) is 0 Å². The van der Waals surface area contributed by atoms with Crippen LogP contribution in [0.3, 0.4) is 0 Å². The smallest absolute Gasteiger partial charge is 0.240 e. The second-order valence-electron chi connectivity index (χ2n) is 3.17. The fraction of sp³-hybridized carbons (Fsp3) is 0.200. The van der Waals surface area contributed by atoms with Gasteiger partial charge in [0.1, 0.15) is 0 Å². The van der Waals surface area contributed by atoms with Crippen LogP contribution in [0.15, 0.2) is 22.7 Å². The number of benzene rings is 1. The molecule has 4 nitrogen and oxygen atoms in total. The van der Waals surface area contributed by atoms with Crippen LogP contribution < -0.4 is 5.32 Å². The van der Waals surface area contributed by atoms with Crippen molar-refractivity contribution in [3.05, 3.63) is 34.1 Å². The van der Waals surface area contributed by atoms with Crippen molar-refractivity contribution in [2.75, 3.05) is 7.05 Å². The van der Waals surface area contributed by atoms with Crippen LogP contribution in [0.4, 0.5) is 0 Å². The largest absolute Gasteiger partial charge is 0.338 e. The van der Waals surface area contributed by atoms with Crippen LogP contribution in [0.2, 0.25) is 10.0 Å². The maximum absolute atomic E-state index is 5.90. The molecule has 1 aromatic carbocycles. The third-order valence-corrected chi connectivity index (χ3v) is 2.71. The van der Waals surface area contributed by atoms with E-state index in [2.05, 4.69) is 15.5 Å². The van der Waals surface area contributed by atoms with Crippen molar-refractivity contribution in [3.8, 4) is 11.4 Å². The molecule has 0 amide bonds. The minimum Gasteiger partial charge on any atom is -0.338 e. The number of halogens is 2. The molecule has 0 saturated heterocycles. The number of hydrogen-bond donors (Lipinski definition) is 1. The molecule has 2 aromatic rings. The van der Waals surface area contributed by atoms with Gasteiger partial charge in [0.25, 0.3) is 0 Å². The molecule has 0 unspecified atom stereocenters. The third kappa shape index (κ3) is 2.35. The van der Waals surface area contributed by atoms with Crippen LogP contribution in [0.1, 0.15) is 5.89 Å². The lowest BCUT2D eigenvalue weighted by atomic mass is 10.2. The van der Waals surface area contributed by atoms with Crippen molar-refractivity contribution in [1.82, 2.24) is 15.5 Å². The van der Waals surface area contributed by atoms with E-state index in [1.807, 2.05) is 7.05 Å². The Kier molecular flexibility index (Phi) is 3.43. The van der Waals surface area contributed by atoms with Crippen LogP contribution in [0, 0.1) is 0 Å². The van der Waals surface area contributed by atoms with E-state index >= 15 is 0 Å². The standard InChI is InChI=1S/C10H9Cl2N3O/c1-13-5-9-14-10(15-16-9)6-2-3-7(11)8(12)4-6/h2-4,13H,5H2,1H3. The van der Waals surface area contributed by atoms with E-state index in [9.17, 15) is 0 Å². The number of nitrogens with one attached hydrogen (secondary N) is 1. The lowest BCUT2D eigenvalue weighted by molar-refractivity contribution is 0.372. The molecule has 0 aliphatic carbocycles. The van der Waals surface area contributed by atoms with Crippen molar-refractivity contribution >= 4 is 23.2 Å². The van der Waals surface area contributed by atoms with Crippen LogP contribution in [-0.2, 0) is 6.54 Å². The summed E-state index contributed by atoms with van der Waals surface area (Å²) in [7, 11) is 1.81. The predicted octanol–water partition coefficient (Wildman–Crippen LogP) is 2.76. The second-order valence-corrected chi connectivity index (χ2v) is 3.99. The Labute approximate surface area is 103 Å². The van der Waals surface area contributed by atoms with E-state index in [-0.39, 0.29) is 0 Å². The van der Waals surface area contributed by atoms with Crippen molar-refractivity contribution in [2.45, 2.75) is 6.54 Å². The summed E-state index contributed by atoms with van der Waals surface area (Å²) in [5.41, 5.74) is 0.778. The highest BCUT2D eigenvalue weighted by Gasteiger charge is 2.09. The highest BCUT2D eigenvalue weighted by atomic mass is 35.5. The number of hydrogen-bond acceptors (Lipinski definition) is 4.